The number of aromatic nitrogens is 1. The van der Waals surface area contributed by atoms with Crippen LogP contribution < -0.4 is 4.74 Å². The molecule has 1 fully saturated rings. The number of ether oxygens (including phenoxy) is 1. The first kappa shape index (κ1) is 25.5. The Labute approximate surface area is 231 Å². The van der Waals surface area contributed by atoms with Gasteiger partial charge in [-0.1, -0.05) is 56.6 Å². The third kappa shape index (κ3) is 4.86. The molecule has 4 aromatic rings. The molecule has 1 N–H and O–H groups in total. The van der Waals surface area contributed by atoms with Crippen LogP contribution in [0.1, 0.15) is 56.9 Å². The number of H-pyrrole nitrogens is 1. The standard InChI is InChI=1S/C33H38ClN3O/c1-32(2,3)24-10-11-29-26(19-24)27-18-23(31-25(30(27)35-29)12-13-33(4,5)38-31)21-37-16-14-36(15-17-37)20-22-8-6-7-9-28(22)34/h6-13,18-19,35H,14-17,20-21H2,1-5H3. The summed E-state index contributed by atoms with van der Waals surface area (Å²) in [7, 11) is 0. The van der Waals surface area contributed by atoms with E-state index in [-0.39, 0.29) is 11.0 Å². The number of fused-ring (bicyclic) bond motifs is 5. The van der Waals surface area contributed by atoms with Gasteiger partial charge >= 0.3 is 0 Å². The minimum atomic E-state index is -0.325. The van der Waals surface area contributed by atoms with E-state index in [1.807, 2.05) is 12.1 Å². The highest BCUT2D eigenvalue weighted by Gasteiger charge is 2.28. The second-order valence-corrected chi connectivity index (χ2v) is 12.9. The quantitative estimate of drug-likeness (QED) is 0.294. The van der Waals surface area contributed by atoms with Crippen LogP contribution >= 0.6 is 11.6 Å². The Bertz CT molecular complexity index is 1530. The summed E-state index contributed by atoms with van der Waals surface area (Å²) in [5.41, 5.74) is 7.13. The summed E-state index contributed by atoms with van der Waals surface area (Å²) in [6.07, 6.45) is 4.43. The van der Waals surface area contributed by atoms with Gasteiger partial charge in [0.25, 0.3) is 0 Å². The monoisotopic (exact) mass is 527 g/mol. The van der Waals surface area contributed by atoms with Gasteiger partial charge in [-0.2, -0.15) is 0 Å². The summed E-state index contributed by atoms with van der Waals surface area (Å²) in [6.45, 7) is 17.0. The molecule has 0 unspecified atom stereocenters. The van der Waals surface area contributed by atoms with Crippen LogP contribution in [0, 0.1) is 0 Å². The highest BCUT2D eigenvalue weighted by molar-refractivity contribution is 6.31. The third-order valence-corrected chi connectivity index (χ3v) is 8.42. The van der Waals surface area contributed by atoms with Crippen LogP contribution in [0.15, 0.2) is 54.6 Å². The fourth-order valence-electron chi connectivity index (χ4n) is 5.76. The number of hydrogen-bond acceptors (Lipinski definition) is 3. The second-order valence-electron chi connectivity index (χ2n) is 12.5. The van der Waals surface area contributed by atoms with Gasteiger partial charge in [-0.15, -0.1) is 0 Å². The molecule has 198 valence electrons. The number of piperazine rings is 1. The van der Waals surface area contributed by atoms with E-state index in [1.165, 1.54) is 44.1 Å². The highest BCUT2D eigenvalue weighted by Crippen LogP contribution is 2.42. The van der Waals surface area contributed by atoms with Crippen molar-refractivity contribution < 1.29 is 4.74 Å². The van der Waals surface area contributed by atoms with Gasteiger partial charge in [0.1, 0.15) is 11.4 Å². The molecule has 3 aromatic carbocycles. The molecule has 1 aromatic heterocycles. The van der Waals surface area contributed by atoms with Crippen molar-refractivity contribution in [3.05, 3.63) is 81.9 Å². The van der Waals surface area contributed by atoms with Crippen LogP contribution in [0.25, 0.3) is 27.9 Å². The fourth-order valence-corrected chi connectivity index (χ4v) is 5.96. The van der Waals surface area contributed by atoms with Gasteiger partial charge < -0.3 is 9.72 Å². The van der Waals surface area contributed by atoms with Gasteiger partial charge in [0.05, 0.1) is 5.52 Å². The summed E-state index contributed by atoms with van der Waals surface area (Å²) in [6, 6.07) is 17.4. The predicted octanol–water partition coefficient (Wildman–Crippen LogP) is 7.77. The number of nitrogens with one attached hydrogen (secondary N) is 1. The highest BCUT2D eigenvalue weighted by atomic mass is 35.5. The third-order valence-electron chi connectivity index (χ3n) is 8.06. The van der Waals surface area contributed by atoms with Crippen molar-refractivity contribution in [1.29, 1.82) is 0 Å². The molecule has 3 heterocycles. The Balaban J connectivity index is 1.32. The van der Waals surface area contributed by atoms with Crippen LogP contribution in [0.2, 0.25) is 5.02 Å². The molecule has 5 heteroatoms. The molecule has 0 bridgehead atoms. The van der Waals surface area contributed by atoms with Gasteiger partial charge in [0, 0.05) is 71.7 Å². The van der Waals surface area contributed by atoms with Crippen molar-refractivity contribution in [2.75, 3.05) is 26.2 Å². The summed E-state index contributed by atoms with van der Waals surface area (Å²) >= 11 is 6.43. The Morgan fingerprint density at radius 2 is 1.58 bits per heavy atom. The van der Waals surface area contributed by atoms with Crippen molar-refractivity contribution in [3.63, 3.8) is 0 Å². The summed E-state index contributed by atoms with van der Waals surface area (Å²) in [4.78, 5) is 8.78. The molecule has 0 radical (unpaired) electrons. The van der Waals surface area contributed by atoms with Gasteiger partial charge in [-0.25, -0.2) is 0 Å². The van der Waals surface area contributed by atoms with E-state index < -0.39 is 0 Å². The van der Waals surface area contributed by atoms with Crippen molar-refractivity contribution in [3.8, 4) is 5.75 Å². The molecule has 0 spiro atoms. The average Bonchev–Trinajstić information content (AvgIpc) is 3.23. The molecule has 0 aliphatic carbocycles. The molecule has 2 aliphatic rings. The zero-order valence-corrected chi connectivity index (χ0v) is 24.0. The maximum Gasteiger partial charge on any atom is 0.134 e. The van der Waals surface area contributed by atoms with Gasteiger partial charge in [-0.3, -0.25) is 9.80 Å². The lowest BCUT2D eigenvalue weighted by Crippen LogP contribution is -2.45. The van der Waals surface area contributed by atoms with Crippen LogP contribution in [-0.4, -0.2) is 46.6 Å². The Morgan fingerprint density at radius 1 is 0.895 bits per heavy atom. The predicted molar refractivity (Wildman–Crippen MR) is 160 cm³/mol. The number of halogens is 1. The van der Waals surface area contributed by atoms with Crippen LogP contribution in [0.3, 0.4) is 0 Å². The van der Waals surface area contributed by atoms with E-state index in [0.717, 1.165) is 50.0 Å². The van der Waals surface area contributed by atoms with E-state index in [4.69, 9.17) is 16.3 Å². The number of hydrogen-bond donors (Lipinski definition) is 1. The lowest BCUT2D eigenvalue weighted by atomic mass is 9.86. The molecule has 2 aliphatic heterocycles. The number of benzene rings is 3. The van der Waals surface area contributed by atoms with E-state index in [9.17, 15) is 0 Å². The minimum absolute atomic E-state index is 0.103. The van der Waals surface area contributed by atoms with Gasteiger partial charge in [0.2, 0.25) is 0 Å². The van der Waals surface area contributed by atoms with E-state index in [2.05, 4.69) is 98.0 Å². The van der Waals surface area contributed by atoms with Gasteiger partial charge in [-0.05, 0) is 66.8 Å². The topological polar surface area (TPSA) is 31.5 Å². The van der Waals surface area contributed by atoms with Crippen molar-refractivity contribution in [2.45, 2.75) is 58.7 Å². The normalized spacial score (nSPS) is 18.2. The van der Waals surface area contributed by atoms with Crippen molar-refractivity contribution >= 4 is 39.5 Å². The zero-order chi connectivity index (χ0) is 26.7. The maximum absolute atomic E-state index is 6.63. The Hall–Kier alpha value is -2.79. The zero-order valence-electron chi connectivity index (χ0n) is 23.2. The van der Waals surface area contributed by atoms with Gasteiger partial charge in [0.15, 0.2) is 0 Å². The Kier molecular flexibility index (Phi) is 6.33. The van der Waals surface area contributed by atoms with E-state index >= 15 is 0 Å². The van der Waals surface area contributed by atoms with Crippen LogP contribution in [0.4, 0.5) is 0 Å². The largest absolute Gasteiger partial charge is 0.483 e. The maximum atomic E-state index is 6.63. The summed E-state index contributed by atoms with van der Waals surface area (Å²) in [5.74, 6) is 1.02. The molecule has 0 atom stereocenters. The number of aromatic amines is 1. The lowest BCUT2D eigenvalue weighted by molar-refractivity contribution is 0.117. The first-order valence-corrected chi connectivity index (χ1v) is 14.1. The SMILES string of the molecule is CC1(C)C=Cc2c(c(CN3CCN(Cc4ccccc4Cl)CC3)cc3c2[nH]c2ccc(C(C)(C)C)cc23)O1. The first-order chi connectivity index (χ1) is 18.1. The average molecular weight is 528 g/mol. The molecule has 6 rings (SSSR count). The van der Waals surface area contributed by atoms with Crippen molar-refractivity contribution in [1.82, 2.24) is 14.8 Å². The van der Waals surface area contributed by atoms with Crippen molar-refractivity contribution in [2.24, 2.45) is 0 Å². The molecular weight excluding hydrogens is 490 g/mol. The van der Waals surface area contributed by atoms with Crippen LogP contribution in [0.5, 0.6) is 5.75 Å². The number of nitrogens with zero attached hydrogens (tertiary/aromatic N) is 2. The summed E-state index contributed by atoms with van der Waals surface area (Å²) < 4.78 is 6.63. The fraction of sp³-hybridized carbons (Fsp3) is 0.394. The molecule has 1 saturated heterocycles. The molecule has 0 amide bonds. The second kappa shape index (κ2) is 9.44. The lowest BCUT2D eigenvalue weighted by Gasteiger charge is -2.36. The van der Waals surface area contributed by atoms with E-state index in [1.54, 1.807) is 0 Å². The Morgan fingerprint density at radius 3 is 2.26 bits per heavy atom. The molecule has 4 nitrogen and oxygen atoms in total. The van der Waals surface area contributed by atoms with Crippen LogP contribution in [-0.2, 0) is 18.5 Å². The first-order valence-electron chi connectivity index (χ1n) is 13.8. The molecular formula is C33H38ClN3O. The molecule has 0 saturated carbocycles. The number of rotatable bonds is 4. The molecule has 38 heavy (non-hydrogen) atoms. The van der Waals surface area contributed by atoms with E-state index in [0.29, 0.717) is 0 Å². The minimum Gasteiger partial charge on any atom is -0.483 e. The smallest absolute Gasteiger partial charge is 0.134 e. The summed E-state index contributed by atoms with van der Waals surface area (Å²) in [5, 5.41) is 3.43.